The van der Waals surface area contributed by atoms with Gasteiger partial charge in [-0.05, 0) is 26.3 Å². The van der Waals surface area contributed by atoms with Crippen LogP contribution in [-0.2, 0) is 6.54 Å². The van der Waals surface area contributed by atoms with Crippen LogP contribution in [0, 0.1) is 29.9 Å². The molecule has 1 rings (SSSR count). The molecule has 18 heavy (non-hydrogen) atoms. The van der Waals surface area contributed by atoms with Crippen LogP contribution in [0.3, 0.4) is 0 Å². The van der Waals surface area contributed by atoms with Crippen molar-refractivity contribution < 1.29 is 4.92 Å². The normalized spacial score (nSPS) is 12.4. The van der Waals surface area contributed by atoms with Crippen LogP contribution >= 0.6 is 0 Å². The van der Waals surface area contributed by atoms with Crippen molar-refractivity contribution in [1.82, 2.24) is 10.3 Å². The lowest BCUT2D eigenvalue weighted by Gasteiger charge is -2.11. The van der Waals surface area contributed by atoms with Crippen molar-refractivity contribution in [2.24, 2.45) is 5.92 Å². The Hall–Kier alpha value is -1.49. The number of pyridine rings is 1. The van der Waals surface area contributed by atoms with Gasteiger partial charge in [-0.2, -0.15) is 0 Å². The first-order chi connectivity index (χ1) is 8.47. The summed E-state index contributed by atoms with van der Waals surface area (Å²) in [7, 11) is 0. The number of nitrogens with zero attached hydrogens (tertiary/aromatic N) is 2. The van der Waals surface area contributed by atoms with Gasteiger partial charge >= 0.3 is 0 Å². The van der Waals surface area contributed by atoms with Gasteiger partial charge in [-0.1, -0.05) is 20.3 Å². The zero-order valence-electron chi connectivity index (χ0n) is 11.5. The molecule has 0 aliphatic carbocycles. The van der Waals surface area contributed by atoms with E-state index in [9.17, 15) is 10.1 Å². The summed E-state index contributed by atoms with van der Waals surface area (Å²) in [6.07, 6.45) is 2.69. The number of nitro groups is 1. The van der Waals surface area contributed by atoms with E-state index in [1.54, 1.807) is 20.0 Å². The zero-order valence-corrected chi connectivity index (χ0v) is 11.5. The van der Waals surface area contributed by atoms with E-state index in [0.29, 0.717) is 23.6 Å². The van der Waals surface area contributed by atoms with Crippen LogP contribution in [0.1, 0.15) is 37.1 Å². The summed E-state index contributed by atoms with van der Waals surface area (Å²) in [5.74, 6) is 0.603. The van der Waals surface area contributed by atoms with Gasteiger partial charge < -0.3 is 5.32 Å². The average Bonchev–Trinajstić information content (AvgIpc) is 2.31. The molecule has 1 heterocycles. The van der Waals surface area contributed by atoms with Gasteiger partial charge in [0, 0.05) is 23.9 Å². The van der Waals surface area contributed by atoms with E-state index >= 15 is 0 Å². The molecule has 0 saturated carbocycles. The summed E-state index contributed by atoms with van der Waals surface area (Å²) in [5, 5.41) is 14.3. The molecular weight excluding hydrogens is 230 g/mol. The fourth-order valence-electron chi connectivity index (χ4n) is 1.81. The topological polar surface area (TPSA) is 68.1 Å². The van der Waals surface area contributed by atoms with Crippen LogP contribution < -0.4 is 5.32 Å². The molecule has 1 atom stereocenters. The Kier molecular flexibility index (Phi) is 5.22. The van der Waals surface area contributed by atoms with Crippen LogP contribution in [0.5, 0.6) is 0 Å². The fourth-order valence-corrected chi connectivity index (χ4v) is 1.81. The van der Waals surface area contributed by atoms with Crippen molar-refractivity contribution in [3.05, 3.63) is 33.1 Å². The highest BCUT2D eigenvalue weighted by atomic mass is 16.6. The third kappa shape index (κ3) is 3.50. The second-order valence-electron chi connectivity index (χ2n) is 4.76. The first-order valence-electron chi connectivity index (χ1n) is 6.27. The molecule has 0 aromatic carbocycles. The molecule has 0 bridgehead atoms. The predicted molar refractivity (Wildman–Crippen MR) is 71.5 cm³/mol. The summed E-state index contributed by atoms with van der Waals surface area (Å²) < 4.78 is 0. The molecule has 0 aliphatic heterocycles. The summed E-state index contributed by atoms with van der Waals surface area (Å²) in [6, 6.07) is 0. The van der Waals surface area contributed by atoms with Gasteiger partial charge in [0.25, 0.3) is 5.69 Å². The van der Waals surface area contributed by atoms with Gasteiger partial charge in [-0.25, -0.2) is 0 Å². The number of hydrogen-bond donors (Lipinski definition) is 1. The van der Waals surface area contributed by atoms with Crippen LogP contribution in [0.4, 0.5) is 5.69 Å². The van der Waals surface area contributed by atoms with Gasteiger partial charge in [0.1, 0.15) is 0 Å². The maximum absolute atomic E-state index is 11.0. The molecule has 0 amide bonds. The lowest BCUT2D eigenvalue weighted by Crippen LogP contribution is -2.21. The Morgan fingerprint density at radius 2 is 2.17 bits per heavy atom. The molecule has 0 fully saturated rings. The van der Waals surface area contributed by atoms with E-state index in [-0.39, 0.29) is 10.6 Å². The van der Waals surface area contributed by atoms with E-state index in [4.69, 9.17) is 0 Å². The van der Waals surface area contributed by atoms with Gasteiger partial charge in [0.05, 0.1) is 10.6 Å². The highest BCUT2D eigenvalue weighted by Crippen LogP contribution is 2.23. The minimum atomic E-state index is -0.329. The molecule has 1 aromatic rings. The highest BCUT2D eigenvalue weighted by molar-refractivity contribution is 5.47. The lowest BCUT2D eigenvalue weighted by molar-refractivity contribution is -0.386. The predicted octanol–water partition coefficient (Wildman–Crippen LogP) is 2.74. The molecule has 100 valence electrons. The lowest BCUT2D eigenvalue weighted by atomic mass is 10.1. The molecule has 0 spiro atoms. The third-order valence-electron chi connectivity index (χ3n) is 3.24. The van der Waals surface area contributed by atoms with Crippen molar-refractivity contribution in [2.45, 2.75) is 40.7 Å². The summed E-state index contributed by atoms with van der Waals surface area (Å²) in [4.78, 5) is 14.9. The van der Waals surface area contributed by atoms with Gasteiger partial charge in [-0.3, -0.25) is 15.1 Å². The molecule has 0 radical (unpaired) electrons. The third-order valence-corrected chi connectivity index (χ3v) is 3.24. The molecule has 0 saturated heterocycles. The smallest absolute Gasteiger partial charge is 0.278 e. The fraction of sp³-hybridized carbons (Fsp3) is 0.615. The van der Waals surface area contributed by atoms with Crippen LogP contribution in [0.25, 0.3) is 0 Å². The minimum Gasteiger partial charge on any atom is -0.311 e. The Balaban J connectivity index is 2.79. The molecule has 5 heteroatoms. The van der Waals surface area contributed by atoms with Crippen LogP contribution in [0.2, 0.25) is 0 Å². The standard InChI is InChI=1S/C13H21N3O2/c1-5-9(2)6-14-8-12-11(4)13(16(17)18)10(3)7-15-12/h7,9,14H,5-6,8H2,1-4H3. The monoisotopic (exact) mass is 251 g/mol. The second kappa shape index (κ2) is 6.44. The van der Waals surface area contributed by atoms with E-state index in [0.717, 1.165) is 18.7 Å². The number of aryl methyl sites for hydroxylation is 1. The van der Waals surface area contributed by atoms with Crippen molar-refractivity contribution >= 4 is 5.69 Å². The molecule has 1 N–H and O–H groups in total. The first kappa shape index (κ1) is 14.6. The van der Waals surface area contributed by atoms with Crippen LogP contribution in [-0.4, -0.2) is 16.5 Å². The van der Waals surface area contributed by atoms with Gasteiger partial charge in [0.15, 0.2) is 0 Å². The summed E-state index contributed by atoms with van der Waals surface area (Å²) in [6.45, 7) is 9.28. The number of aromatic nitrogens is 1. The largest absolute Gasteiger partial charge is 0.311 e. The number of hydrogen-bond acceptors (Lipinski definition) is 4. The summed E-state index contributed by atoms with van der Waals surface area (Å²) in [5.41, 5.74) is 2.22. The zero-order chi connectivity index (χ0) is 13.7. The van der Waals surface area contributed by atoms with Gasteiger partial charge in [0.2, 0.25) is 0 Å². The second-order valence-corrected chi connectivity index (χ2v) is 4.76. The van der Waals surface area contributed by atoms with Crippen molar-refractivity contribution in [3.8, 4) is 0 Å². The quantitative estimate of drug-likeness (QED) is 0.623. The van der Waals surface area contributed by atoms with Crippen molar-refractivity contribution in [3.63, 3.8) is 0 Å². The summed E-state index contributed by atoms with van der Waals surface area (Å²) >= 11 is 0. The van der Waals surface area contributed by atoms with E-state index < -0.39 is 0 Å². The minimum absolute atomic E-state index is 0.185. The maximum atomic E-state index is 11.0. The number of nitrogens with one attached hydrogen (secondary N) is 1. The molecule has 1 aromatic heterocycles. The highest BCUT2D eigenvalue weighted by Gasteiger charge is 2.18. The van der Waals surface area contributed by atoms with E-state index in [2.05, 4.69) is 24.1 Å². The molecule has 5 nitrogen and oxygen atoms in total. The Bertz CT molecular complexity index is 432. The number of rotatable bonds is 6. The molecule has 0 aliphatic rings. The van der Waals surface area contributed by atoms with Crippen LogP contribution in [0.15, 0.2) is 6.20 Å². The Labute approximate surface area is 108 Å². The average molecular weight is 251 g/mol. The van der Waals surface area contributed by atoms with E-state index in [1.165, 1.54) is 0 Å². The maximum Gasteiger partial charge on any atom is 0.278 e. The van der Waals surface area contributed by atoms with Gasteiger partial charge in [-0.15, -0.1) is 0 Å². The van der Waals surface area contributed by atoms with Crippen molar-refractivity contribution in [2.75, 3.05) is 6.54 Å². The SMILES string of the molecule is CCC(C)CNCc1ncc(C)c([N+](=O)[O-])c1C. The van der Waals surface area contributed by atoms with Crippen molar-refractivity contribution in [1.29, 1.82) is 0 Å². The Morgan fingerprint density at radius 1 is 1.50 bits per heavy atom. The Morgan fingerprint density at radius 3 is 2.72 bits per heavy atom. The van der Waals surface area contributed by atoms with E-state index in [1.807, 2.05) is 0 Å². The first-order valence-corrected chi connectivity index (χ1v) is 6.27. The molecular formula is C13H21N3O2. The molecule has 1 unspecified atom stereocenters.